The van der Waals surface area contributed by atoms with Crippen molar-refractivity contribution in [3.8, 4) is 0 Å². The van der Waals surface area contributed by atoms with Crippen LogP contribution in [0.4, 0.5) is 0 Å². The van der Waals surface area contributed by atoms with Gasteiger partial charge in [-0.25, -0.2) is 0 Å². The highest BCUT2D eigenvalue weighted by atomic mass is 32.1. The van der Waals surface area contributed by atoms with E-state index in [0.29, 0.717) is 12.3 Å². The summed E-state index contributed by atoms with van der Waals surface area (Å²) in [5.41, 5.74) is -1.11. The molecule has 0 radical (unpaired) electrons. The Morgan fingerprint density at radius 2 is 2.00 bits per heavy atom. The molecule has 7 nitrogen and oxygen atoms in total. The molecule has 3 amide bonds. The molecule has 0 unspecified atom stereocenters. The average Bonchev–Trinajstić information content (AvgIpc) is 2.51. The van der Waals surface area contributed by atoms with Gasteiger partial charge < -0.3 is 15.5 Å². The zero-order valence-corrected chi connectivity index (χ0v) is 13.8. The third kappa shape index (κ3) is 6.17. The summed E-state index contributed by atoms with van der Waals surface area (Å²) in [5.74, 6) is -1.44. The Bertz CT molecular complexity index is 425. The van der Waals surface area contributed by atoms with Gasteiger partial charge in [0.25, 0.3) is 11.8 Å². The Kier molecular flexibility index (Phi) is 9.00. The van der Waals surface area contributed by atoms with Gasteiger partial charge in [-0.3, -0.25) is 19.3 Å². The van der Waals surface area contributed by atoms with E-state index in [1.54, 1.807) is 0 Å². The number of carbonyl (C=O) groups excluding carboxylic acids is 3. The Morgan fingerprint density at radius 1 is 1.41 bits per heavy atom. The maximum atomic E-state index is 12.2. The highest BCUT2D eigenvalue weighted by Gasteiger charge is 2.37. The maximum Gasteiger partial charge on any atom is 0.258 e. The number of imide groups is 1. The first kappa shape index (κ1) is 20.6. The van der Waals surface area contributed by atoms with E-state index in [4.69, 9.17) is 0 Å². The number of carbonyl (C=O) groups is 3. The summed E-state index contributed by atoms with van der Waals surface area (Å²) in [6, 6.07) is 0. The molecule has 0 heterocycles. The van der Waals surface area contributed by atoms with Crippen molar-refractivity contribution in [2.75, 3.05) is 25.4 Å². The first-order valence-corrected chi connectivity index (χ1v) is 7.48. The number of aliphatic hydroxyl groups excluding tert-OH is 2. The Labute approximate surface area is 135 Å². The summed E-state index contributed by atoms with van der Waals surface area (Å²) in [6.07, 6.45) is -0.727. The largest absolute Gasteiger partial charge is 0.396 e. The van der Waals surface area contributed by atoms with E-state index in [0.717, 1.165) is 11.0 Å². The fourth-order valence-corrected chi connectivity index (χ4v) is 1.62. The van der Waals surface area contributed by atoms with Gasteiger partial charge in [0.15, 0.2) is 0 Å². The van der Waals surface area contributed by atoms with Crippen LogP contribution in [0.5, 0.6) is 0 Å². The first-order chi connectivity index (χ1) is 10.2. The van der Waals surface area contributed by atoms with Crippen molar-refractivity contribution in [3.63, 3.8) is 0 Å². The highest BCUT2D eigenvalue weighted by molar-refractivity contribution is 7.80. The third-order valence-corrected chi connectivity index (χ3v) is 3.31. The van der Waals surface area contributed by atoms with Crippen molar-refractivity contribution in [2.45, 2.75) is 26.4 Å². The van der Waals surface area contributed by atoms with Crippen molar-refractivity contribution in [2.24, 2.45) is 5.41 Å². The molecule has 22 heavy (non-hydrogen) atoms. The molecule has 3 N–H and O–H groups in total. The lowest BCUT2D eigenvalue weighted by molar-refractivity contribution is -0.154. The van der Waals surface area contributed by atoms with Gasteiger partial charge in [0.2, 0.25) is 5.91 Å². The molecule has 0 saturated carbocycles. The van der Waals surface area contributed by atoms with Crippen LogP contribution in [0.15, 0.2) is 12.7 Å². The van der Waals surface area contributed by atoms with Crippen molar-refractivity contribution in [3.05, 3.63) is 12.7 Å². The summed E-state index contributed by atoms with van der Waals surface area (Å²) in [6.45, 7) is 6.05. The number of nitrogens with zero attached hydrogens (tertiary/aromatic N) is 1. The quantitative estimate of drug-likeness (QED) is 0.331. The summed E-state index contributed by atoms with van der Waals surface area (Å²) in [4.78, 5) is 36.3. The fourth-order valence-electron chi connectivity index (χ4n) is 1.50. The van der Waals surface area contributed by atoms with Crippen molar-refractivity contribution >= 4 is 30.4 Å². The van der Waals surface area contributed by atoms with Crippen LogP contribution in [0.3, 0.4) is 0 Å². The smallest absolute Gasteiger partial charge is 0.258 e. The lowest BCUT2D eigenvalue weighted by atomic mass is 9.86. The van der Waals surface area contributed by atoms with E-state index in [1.165, 1.54) is 13.8 Å². The Balaban J connectivity index is 4.92. The van der Waals surface area contributed by atoms with Gasteiger partial charge in [-0.05, 0) is 6.08 Å². The van der Waals surface area contributed by atoms with Crippen LogP contribution < -0.4 is 5.32 Å². The topological polar surface area (TPSA) is 107 Å². The van der Waals surface area contributed by atoms with Gasteiger partial charge >= 0.3 is 0 Å². The Morgan fingerprint density at radius 3 is 2.45 bits per heavy atom. The molecule has 0 aliphatic carbocycles. The number of nitrogens with one attached hydrogen (secondary N) is 1. The standard InChI is InChI=1S/C14H24N2O5S/c1-4-11(19)16(7-5-10(18)15-6-8-22)13(21)12(20)14(2,3)9-17/h4,12,17,20,22H,1,5-9H2,2-3H3,(H,15,18)/t12-/m0/s1. The number of aliphatic hydroxyl groups is 2. The van der Waals surface area contributed by atoms with Crippen LogP contribution in [-0.2, 0) is 14.4 Å². The second-order valence-electron chi connectivity index (χ2n) is 5.41. The molecule has 8 heteroatoms. The van der Waals surface area contributed by atoms with E-state index in [-0.39, 0.29) is 18.9 Å². The minimum Gasteiger partial charge on any atom is -0.396 e. The zero-order valence-electron chi connectivity index (χ0n) is 12.9. The molecule has 0 bridgehead atoms. The summed E-state index contributed by atoms with van der Waals surface area (Å²) in [7, 11) is 0. The molecule has 0 fully saturated rings. The normalized spacial score (nSPS) is 12.4. The molecule has 1 atom stereocenters. The van der Waals surface area contributed by atoms with Crippen molar-refractivity contribution in [1.82, 2.24) is 10.2 Å². The van der Waals surface area contributed by atoms with Gasteiger partial charge in [0.1, 0.15) is 6.10 Å². The molecule has 0 aliphatic rings. The zero-order chi connectivity index (χ0) is 17.3. The van der Waals surface area contributed by atoms with Crippen molar-refractivity contribution in [1.29, 1.82) is 0 Å². The van der Waals surface area contributed by atoms with Crippen LogP contribution in [0, 0.1) is 5.41 Å². The lowest BCUT2D eigenvalue weighted by Crippen LogP contribution is -2.50. The average molecular weight is 332 g/mol. The summed E-state index contributed by atoms with van der Waals surface area (Å²) >= 11 is 3.95. The first-order valence-electron chi connectivity index (χ1n) is 6.85. The third-order valence-electron chi connectivity index (χ3n) is 3.08. The van der Waals surface area contributed by atoms with Gasteiger partial charge in [-0.1, -0.05) is 20.4 Å². The SMILES string of the molecule is C=CC(=O)N(CCC(=O)NCCS)C(=O)[C@H](O)C(C)(C)CO. The molecule has 0 aromatic rings. The van der Waals surface area contributed by atoms with Crippen LogP contribution in [0.25, 0.3) is 0 Å². The predicted molar refractivity (Wildman–Crippen MR) is 85.3 cm³/mol. The molecule has 0 spiro atoms. The molecule has 0 aromatic carbocycles. The summed E-state index contributed by atoms with van der Waals surface area (Å²) in [5, 5.41) is 21.8. The van der Waals surface area contributed by atoms with Crippen molar-refractivity contribution < 1.29 is 24.6 Å². The number of hydrogen-bond acceptors (Lipinski definition) is 6. The van der Waals surface area contributed by atoms with Gasteiger partial charge in [-0.15, -0.1) is 0 Å². The Hall–Kier alpha value is -1.38. The lowest BCUT2D eigenvalue weighted by Gasteiger charge is -2.31. The van der Waals surface area contributed by atoms with Crippen LogP contribution in [-0.4, -0.2) is 64.4 Å². The van der Waals surface area contributed by atoms with Crippen LogP contribution in [0.1, 0.15) is 20.3 Å². The monoisotopic (exact) mass is 332 g/mol. The fraction of sp³-hybridized carbons (Fsp3) is 0.643. The van der Waals surface area contributed by atoms with Gasteiger partial charge in [-0.2, -0.15) is 12.6 Å². The minimum absolute atomic E-state index is 0.0919. The molecule has 126 valence electrons. The number of thiol groups is 1. The van der Waals surface area contributed by atoms with E-state index >= 15 is 0 Å². The van der Waals surface area contributed by atoms with Crippen LogP contribution in [0.2, 0.25) is 0 Å². The van der Waals surface area contributed by atoms with E-state index in [1.807, 2.05) is 0 Å². The molecule has 0 rings (SSSR count). The number of rotatable bonds is 9. The molecular weight excluding hydrogens is 308 g/mol. The molecular formula is C14H24N2O5S. The van der Waals surface area contributed by atoms with E-state index in [9.17, 15) is 24.6 Å². The number of hydrogen-bond donors (Lipinski definition) is 4. The molecule has 0 aliphatic heterocycles. The summed E-state index contributed by atoms with van der Waals surface area (Å²) < 4.78 is 0. The highest BCUT2D eigenvalue weighted by Crippen LogP contribution is 2.21. The van der Waals surface area contributed by atoms with E-state index < -0.39 is 29.9 Å². The second-order valence-corrected chi connectivity index (χ2v) is 5.85. The minimum atomic E-state index is -1.57. The van der Waals surface area contributed by atoms with Gasteiger partial charge in [0, 0.05) is 30.7 Å². The predicted octanol–water partition coefficient (Wildman–Crippen LogP) is -0.657. The molecule has 0 saturated heterocycles. The second kappa shape index (κ2) is 9.60. The molecule has 0 aromatic heterocycles. The maximum absolute atomic E-state index is 12.2. The van der Waals surface area contributed by atoms with Gasteiger partial charge in [0.05, 0.1) is 6.61 Å². The van der Waals surface area contributed by atoms with Crippen LogP contribution >= 0.6 is 12.6 Å². The van der Waals surface area contributed by atoms with E-state index in [2.05, 4.69) is 24.5 Å². The number of amides is 3.